The number of pyridine rings is 1. The van der Waals surface area contributed by atoms with Gasteiger partial charge in [0.05, 0.1) is 48.3 Å². The monoisotopic (exact) mass is 477 g/mol. The summed E-state index contributed by atoms with van der Waals surface area (Å²) in [7, 11) is 0. The molecule has 0 saturated carbocycles. The van der Waals surface area contributed by atoms with Gasteiger partial charge in [-0.05, 0) is 36.8 Å². The van der Waals surface area contributed by atoms with Crippen LogP contribution in [0.25, 0.3) is 11.4 Å². The van der Waals surface area contributed by atoms with E-state index >= 15 is 0 Å². The fraction of sp³-hybridized carbons (Fsp3) is 0.292. The molecule has 4 heterocycles. The van der Waals surface area contributed by atoms with Gasteiger partial charge in [-0.3, -0.25) is 9.67 Å². The number of hydrazone groups is 1. The van der Waals surface area contributed by atoms with Crippen LogP contribution in [0.5, 0.6) is 5.75 Å². The Morgan fingerprint density at radius 3 is 2.86 bits per heavy atom. The smallest absolute Gasteiger partial charge is 0.341 e. The van der Waals surface area contributed by atoms with Gasteiger partial charge >= 0.3 is 6.03 Å². The van der Waals surface area contributed by atoms with Crippen LogP contribution in [0.3, 0.4) is 0 Å². The van der Waals surface area contributed by atoms with Crippen molar-refractivity contribution in [2.45, 2.75) is 32.0 Å². The second-order valence-corrected chi connectivity index (χ2v) is 8.24. The first-order chi connectivity index (χ1) is 17.0. The van der Waals surface area contributed by atoms with Crippen LogP contribution in [0, 0.1) is 23.0 Å². The number of carbonyl (C=O) groups is 1. The summed E-state index contributed by atoms with van der Waals surface area (Å²) in [6, 6.07) is 8.37. The fourth-order valence-corrected chi connectivity index (χ4v) is 4.19. The summed E-state index contributed by atoms with van der Waals surface area (Å²) in [6.07, 6.45) is 4.36. The lowest BCUT2D eigenvalue weighted by atomic mass is 10.0. The Kier molecular flexibility index (Phi) is 5.86. The first kappa shape index (κ1) is 22.5. The number of hydrogen-bond acceptors (Lipinski definition) is 6. The second kappa shape index (κ2) is 9.13. The van der Waals surface area contributed by atoms with Crippen LogP contribution >= 0.6 is 0 Å². The number of carbonyl (C=O) groups excluding carboxylic acids is 1. The molecular weight excluding hydrogens is 456 g/mol. The van der Waals surface area contributed by atoms with Crippen LogP contribution < -0.4 is 4.74 Å². The number of rotatable bonds is 5. The van der Waals surface area contributed by atoms with E-state index in [-0.39, 0.29) is 30.4 Å². The fourth-order valence-electron chi connectivity index (χ4n) is 4.19. The lowest BCUT2D eigenvalue weighted by molar-refractivity contribution is 0.0257. The molecule has 2 aliphatic rings. The van der Waals surface area contributed by atoms with Crippen LogP contribution in [0.4, 0.5) is 13.6 Å². The molecule has 178 valence electrons. The Bertz CT molecular complexity index is 1340. The molecule has 3 aromatic rings. The number of aromatic nitrogens is 3. The number of halogens is 2. The van der Waals surface area contributed by atoms with E-state index in [1.165, 1.54) is 22.0 Å². The van der Waals surface area contributed by atoms with E-state index in [0.29, 0.717) is 24.2 Å². The second-order valence-electron chi connectivity index (χ2n) is 8.24. The standard InChI is InChI=1S/C24H21F2N7O2/c1-2-32-22(4-5-29-32)20-10-23(19(26)12-28-20)35-18-13-31(14-18)24(34)33-21(3-6-30-33)16-7-15(11-27)8-17(25)9-16/h4-10,12,18,21H,2-3,13-14H2,1H3. The van der Waals surface area contributed by atoms with Gasteiger partial charge in [-0.15, -0.1) is 0 Å². The van der Waals surface area contributed by atoms with Gasteiger partial charge < -0.3 is 9.64 Å². The molecule has 5 rings (SSSR count). The molecule has 0 bridgehead atoms. The summed E-state index contributed by atoms with van der Waals surface area (Å²) in [5.74, 6) is -1.09. The van der Waals surface area contributed by atoms with Gasteiger partial charge in [-0.25, -0.2) is 18.6 Å². The topological polar surface area (TPSA) is 99.6 Å². The summed E-state index contributed by atoms with van der Waals surface area (Å²) in [5, 5.41) is 18.8. The van der Waals surface area contributed by atoms with Crippen molar-refractivity contribution >= 4 is 12.2 Å². The Morgan fingerprint density at radius 1 is 1.26 bits per heavy atom. The third kappa shape index (κ3) is 4.30. The van der Waals surface area contributed by atoms with E-state index in [4.69, 9.17) is 10.00 Å². The van der Waals surface area contributed by atoms with Crippen LogP contribution in [-0.2, 0) is 6.54 Å². The van der Waals surface area contributed by atoms with Gasteiger partial charge in [0.1, 0.15) is 11.9 Å². The first-order valence-electron chi connectivity index (χ1n) is 11.1. The van der Waals surface area contributed by atoms with Gasteiger partial charge in [0.15, 0.2) is 11.6 Å². The maximum atomic E-state index is 14.4. The highest BCUT2D eigenvalue weighted by Crippen LogP contribution is 2.32. The van der Waals surface area contributed by atoms with Crippen molar-refractivity contribution in [3.63, 3.8) is 0 Å². The van der Waals surface area contributed by atoms with Crippen LogP contribution in [0.1, 0.15) is 30.5 Å². The largest absolute Gasteiger partial charge is 0.483 e. The molecule has 1 fully saturated rings. The minimum absolute atomic E-state index is 0.0526. The van der Waals surface area contributed by atoms with Gasteiger partial charge in [0.25, 0.3) is 0 Å². The number of urea groups is 1. The van der Waals surface area contributed by atoms with Crippen LogP contribution in [0.15, 0.2) is 47.8 Å². The maximum absolute atomic E-state index is 14.4. The average molecular weight is 477 g/mol. The molecule has 1 aromatic carbocycles. The number of nitriles is 1. The highest BCUT2D eigenvalue weighted by atomic mass is 19.1. The summed E-state index contributed by atoms with van der Waals surface area (Å²) < 4.78 is 35.9. The number of nitrogens with zero attached hydrogens (tertiary/aromatic N) is 7. The molecule has 2 aromatic heterocycles. The third-order valence-corrected chi connectivity index (χ3v) is 5.97. The van der Waals surface area contributed by atoms with Crippen molar-refractivity contribution < 1.29 is 18.3 Å². The highest BCUT2D eigenvalue weighted by molar-refractivity contribution is 5.79. The Balaban J connectivity index is 1.25. The molecule has 35 heavy (non-hydrogen) atoms. The van der Waals surface area contributed by atoms with E-state index < -0.39 is 23.8 Å². The van der Waals surface area contributed by atoms with Gasteiger partial charge in [0.2, 0.25) is 0 Å². The summed E-state index contributed by atoms with van der Waals surface area (Å²) in [6.45, 7) is 3.08. The molecule has 1 unspecified atom stereocenters. The SMILES string of the molecule is CCn1nccc1-c1cc(OC2CN(C(=O)N3N=CCC3c3cc(F)cc(C#N)c3)C2)c(F)cn1. The van der Waals surface area contributed by atoms with Crippen LogP contribution in [0.2, 0.25) is 0 Å². The zero-order chi connectivity index (χ0) is 24.5. The highest BCUT2D eigenvalue weighted by Gasteiger charge is 2.39. The molecule has 1 atom stereocenters. The Labute approximate surface area is 199 Å². The lowest BCUT2D eigenvalue weighted by Gasteiger charge is -2.41. The predicted molar refractivity (Wildman–Crippen MR) is 121 cm³/mol. The maximum Gasteiger partial charge on any atom is 0.341 e. The first-order valence-corrected chi connectivity index (χ1v) is 11.1. The minimum Gasteiger partial charge on any atom is -0.483 e. The number of likely N-dealkylation sites (tertiary alicyclic amines) is 1. The van der Waals surface area contributed by atoms with Crippen LogP contribution in [-0.4, -0.2) is 56.1 Å². The number of ether oxygens (including phenoxy) is 1. The quantitative estimate of drug-likeness (QED) is 0.558. The number of amides is 2. The molecule has 0 aliphatic carbocycles. The van der Waals surface area contributed by atoms with E-state index in [9.17, 15) is 13.6 Å². The molecule has 2 aliphatic heterocycles. The van der Waals surface area contributed by atoms with Crippen molar-refractivity contribution in [1.82, 2.24) is 24.7 Å². The van der Waals surface area contributed by atoms with E-state index in [1.807, 2.05) is 13.0 Å². The van der Waals surface area contributed by atoms with E-state index in [0.717, 1.165) is 18.0 Å². The molecule has 9 nitrogen and oxygen atoms in total. The number of aryl methyl sites for hydroxylation is 1. The zero-order valence-corrected chi connectivity index (χ0v) is 18.8. The van der Waals surface area contributed by atoms with Gasteiger partial charge in [-0.1, -0.05) is 0 Å². The zero-order valence-electron chi connectivity index (χ0n) is 18.8. The summed E-state index contributed by atoms with van der Waals surface area (Å²) >= 11 is 0. The van der Waals surface area contributed by atoms with Gasteiger partial charge in [0, 0.05) is 31.4 Å². The van der Waals surface area contributed by atoms with E-state index in [1.54, 1.807) is 29.2 Å². The van der Waals surface area contributed by atoms with Crippen molar-refractivity contribution in [2.75, 3.05) is 13.1 Å². The average Bonchev–Trinajstić information content (AvgIpc) is 3.51. The predicted octanol–water partition coefficient (Wildman–Crippen LogP) is 3.73. The minimum atomic E-state index is -0.593. The Morgan fingerprint density at radius 2 is 2.09 bits per heavy atom. The third-order valence-electron chi connectivity index (χ3n) is 5.97. The summed E-state index contributed by atoms with van der Waals surface area (Å²) in [4.78, 5) is 18.7. The van der Waals surface area contributed by atoms with Crippen molar-refractivity contribution in [1.29, 1.82) is 5.26 Å². The Hall–Kier alpha value is -4.33. The molecule has 0 radical (unpaired) electrons. The molecule has 0 N–H and O–H groups in total. The normalized spacial score (nSPS) is 17.4. The van der Waals surface area contributed by atoms with Crippen molar-refractivity contribution in [2.24, 2.45) is 5.10 Å². The summed E-state index contributed by atoms with van der Waals surface area (Å²) in [5.41, 5.74) is 1.96. The molecular formula is C24H21F2N7O2. The molecule has 11 heteroatoms. The number of benzene rings is 1. The van der Waals surface area contributed by atoms with Crippen molar-refractivity contribution in [3.05, 3.63) is 65.5 Å². The molecule has 0 spiro atoms. The molecule has 1 saturated heterocycles. The van der Waals surface area contributed by atoms with Gasteiger partial charge in [-0.2, -0.15) is 15.5 Å². The lowest BCUT2D eigenvalue weighted by Crippen LogP contribution is -2.58. The van der Waals surface area contributed by atoms with E-state index in [2.05, 4.69) is 15.2 Å². The van der Waals surface area contributed by atoms with Crippen molar-refractivity contribution in [3.8, 4) is 23.2 Å². The number of hydrogen-bond donors (Lipinski definition) is 0. The molecule has 2 amide bonds.